The minimum Gasteiger partial charge on any atom is -0.278 e. The molecule has 214 valence electrons. The van der Waals surface area contributed by atoms with Crippen LogP contribution in [0.1, 0.15) is 0 Å². The first kappa shape index (κ1) is 25.4. The third kappa shape index (κ3) is 3.76. The molecule has 10 rings (SSSR count). The van der Waals surface area contributed by atoms with Crippen LogP contribution in [0.15, 0.2) is 146 Å². The van der Waals surface area contributed by atoms with Crippen LogP contribution in [0.2, 0.25) is 0 Å². The Hall–Kier alpha value is -5.91. The van der Waals surface area contributed by atoms with E-state index in [1.165, 1.54) is 52.8 Å². The van der Waals surface area contributed by atoms with Crippen molar-refractivity contribution in [3.63, 3.8) is 0 Å². The molecule has 0 saturated carbocycles. The van der Waals surface area contributed by atoms with E-state index in [2.05, 4.69) is 89.5 Å². The van der Waals surface area contributed by atoms with Crippen LogP contribution in [-0.4, -0.2) is 19.5 Å². The van der Waals surface area contributed by atoms with Gasteiger partial charge in [-0.1, -0.05) is 115 Å². The van der Waals surface area contributed by atoms with Crippen molar-refractivity contribution in [2.24, 2.45) is 0 Å². The molecule has 5 heteroatoms. The van der Waals surface area contributed by atoms with Crippen molar-refractivity contribution in [3.8, 4) is 39.9 Å². The molecule has 0 amide bonds. The Morgan fingerprint density at radius 1 is 0.435 bits per heavy atom. The van der Waals surface area contributed by atoms with Gasteiger partial charge in [0.05, 0.1) is 11.0 Å². The molecule has 0 bridgehead atoms. The summed E-state index contributed by atoms with van der Waals surface area (Å²) in [4.78, 5) is 15.2. The van der Waals surface area contributed by atoms with Gasteiger partial charge in [-0.2, -0.15) is 9.97 Å². The lowest BCUT2D eigenvalue weighted by atomic mass is 9.94. The van der Waals surface area contributed by atoms with E-state index in [1.807, 2.05) is 72.0 Å². The number of thiophene rings is 1. The van der Waals surface area contributed by atoms with Gasteiger partial charge in [-0.25, -0.2) is 4.98 Å². The quantitative estimate of drug-likeness (QED) is 0.188. The largest absolute Gasteiger partial charge is 0.278 e. The van der Waals surface area contributed by atoms with Crippen molar-refractivity contribution in [3.05, 3.63) is 146 Å². The lowest BCUT2D eigenvalue weighted by Gasteiger charge is -2.11. The second-order valence-electron chi connectivity index (χ2n) is 11.7. The standard InChI is InChI=1S/C41H24N4S/c1-3-10-26(11-4-1)39-42-40(27-12-5-2-6-13-27)44-41(43-39)45-33-16-9-14-25-18-20-31-29(21-22-34(45)38(31)37(25)33)28-19-23-36-32(24-28)30-15-7-8-17-35(30)46-36/h1-24H. The smallest absolute Gasteiger partial charge is 0.238 e. The Morgan fingerprint density at radius 2 is 1.13 bits per heavy atom. The summed E-state index contributed by atoms with van der Waals surface area (Å²) in [7, 11) is 0. The molecular formula is C41H24N4S. The van der Waals surface area contributed by atoms with Gasteiger partial charge in [-0.3, -0.25) is 4.57 Å². The Balaban J connectivity index is 1.25. The fourth-order valence-corrected chi connectivity index (χ4v) is 8.03. The summed E-state index contributed by atoms with van der Waals surface area (Å²) in [6, 6.07) is 51.4. The van der Waals surface area contributed by atoms with Crippen molar-refractivity contribution in [1.29, 1.82) is 0 Å². The number of rotatable bonds is 4. The van der Waals surface area contributed by atoms with Gasteiger partial charge in [0.1, 0.15) is 0 Å². The van der Waals surface area contributed by atoms with Crippen LogP contribution < -0.4 is 0 Å². The maximum absolute atomic E-state index is 5.11. The number of hydrogen-bond donors (Lipinski definition) is 0. The minimum atomic E-state index is 0.608. The molecule has 10 aromatic rings. The van der Waals surface area contributed by atoms with Gasteiger partial charge in [0.2, 0.25) is 5.95 Å². The molecule has 0 aliphatic rings. The van der Waals surface area contributed by atoms with E-state index < -0.39 is 0 Å². The fraction of sp³-hybridized carbons (Fsp3) is 0. The van der Waals surface area contributed by atoms with Crippen LogP contribution in [-0.2, 0) is 0 Å². The van der Waals surface area contributed by atoms with Crippen molar-refractivity contribution >= 4 is 64.1 Å². The highest BCUT2D eigenvalue weighted by Crippen LogP contribution is 2.43. The predicted molar refractivity (Wildman–Crippen MR) is 192 cm³/mol. The molecule has 7 aromatic carbocycles. The van der Waals surface area contributed by atoms with E-state index >= 15 is 0 Å². The molecule has 4 nitrogen and oxygen atoms in total. The topological polar surface area (TPSA) is 43.6 Å². The van der Waals surface area contributed by atoms with E-state index in [4.69, 9.17) is 15.0 Å². The highest BCUT2D eigenvalue weighted by molar-refractivity contribution is 7.25. The number of hydrogen-bond acceptors (Lipinski definition) is 4. The Morgan fingerprint density at radius 3 is 1.91 bits per heavy atom. The first-order valence-corrected chi connectivity index (χ1v) is 16.2. The summed E-state index contributed by atoms with van der Waals surface area (Å²) in [6.45, 7) is 0. The molecule has 0 spiro atoms. The summed E-state index contributed by atoms with van der Waals surface area (Å²) in [5.74, 6) is 1.91. The summed E-state index contributed by atoms with van der Waals surface area (Å²) in [5, 5.41) is 7.49. The number of fused-ring (bicyclic) bond motifs is 3. The summed E-state index contributed by atoms with van der Waals surface area (Å²) < 4.78 is 4.85. The van der Waals surface area contributed by atoms with Crippen molar-refractivity contribution in [2.75, 3.05) is 0 Å². The number of aromatic nitrogens is 4. The van der Waals surface area contributed by atoms with E-state index in [1.54, 1.807) is 0 Å². The van der Waals surface area contributed by atoms with Crippen LogP contribution in [0.4, 0.5) is 0 Å². The third-order valence-corrected chi connectivity index (χ3v) is 10.2. The molecule has 46 heavy (non-hydrogen) atoms. The molecule has 0 unspecified atom stereocenters. The van der Waals surface area contributed by atoms with Gasteiger partial charge < -0.3 is 0 Å². The third-order valence-electron chi connectivity index (χ3n) is 9.03. The average molecular weight is 605 g/mol. The van der Waals surface area contributed by atoms with Crippen LogP contribution in [0.3, 0.4) is 0 Å². The van der Waals surface area contributed by atoms with Crippen molar-refractivity contribution in [1.82, 2.24) is 19.5 Å². The monoisotopic (exact) mass is 604 g/mol. The number of benzene rings is 7. The molecular weight excluding hydrogens is 581 g/mol. The Kier molecular flexibility index (Phi) is 5.41. The van der Waals surface area contributed by atoms with Crippen molar-refractivity contribution < 1.29 is 0 Å². The molecule has 0 radical (unpaired) electrons. The zero-order valence-corrected chi connectivity index (χ0v) is 25.4. The lowest BCUT2D eigenvalue weighted by Crippen LogP contribution is -2.06. The van der Waals surface area contributed by atoms with Crippen LogP contribution >= 0.6 is 11.3 Å². The molecule has 0 aliphatic carbocycles. The molecule has 0 fully saturated rings. The van der Waals surface area contributed by atoms with Gasteiger partial charge in [-0.05, 0) is 52.2 Å². The van der Waals surface area contributed by atoms with Gasteiger partial charge >= 0.3 is 0 Å². The molecule has 0 atom stereocenters. The molecule has 0 N–H and O–H groups in total. The maximum atomic E-state index is 5.11. The number of nitrogens with zero attached hydrogens (tertiary/aromatic N) is 4. The zero-order valence-electron chi connectivity index (χ0n) is 24.6. The first-order valence-electron chi connectivity index (χ1n) is 15.4. The Labute approximate surface area is 268 Å². The van der Waals surface area contributed by atoms with Gasteiger partial charge in [0.15, 0.2) is 11.6 Å². The lowest BCUT2D eigenvalue weighted by molar-refractivity contribution is 0.954. The first-order chi connectivity index (χ1) is 22.8. The van der Waals surface area contributed by atoms with Crippen LogP contribution in [0, 0.1) is 0 Å². The van der Waals surface area contributed by atoms with Gasteiger partial charge in [0.25, 0.3) is 0 Å². The van der Waals surface area contributed by atoms with Crippen LogP contribution in [0.5, 0.6) is 0 Å². The predicted octanol–water partition coefficient (Wildman–Crippen LogP) is 10.9. The summed E-state index contributed by atoms with van der Waals surface area (Å²) in [5.41, 5.74) is 6.51. The summed E-state index contributed by atoms with van der Waals surface area (Å²) >= 11 is 1.85. The van der Waals surface area contributed by atoms with Gasteiger partial charge in [-0.15, -0.1) is 11.3 Å². The molecule has 0 saturated heterocycles. The van der Waals surface area contributed by atoms with Crippen molar-refractivity contribution in [2.45, 2.75) is 0 Å². The SMILES string of the molecule is c1ccc(-c2nc(-c3ccccc3)nc(-n3c4cccc5ccc6c(-c7ccc8sc9ccccc9c8c7)ccc3c6c54)n2)cc1. The second kappa shape index (κ2) is 9.80. The molecule has 3 aromatic heterocycles. The second-order valence-corrected chi connectivity index (χ2v) is 12.7. The highest BCUT2D eigenvalue weighted by atomic mass is 32.1. The average Bonchev–Trinajstić information content (AvgIpc) is 3.67. The molecule has 0 aliphatic heterocycles. The normalized spacial score (nSPS) is 11.9. The van der Waals surface area contributed by atoms with Gasteiger partial charge in [0, 0.05) is 42.1 Å². The van der Waals surface area contributed by atoms with E-state index in [9.17, 15) is 0 Å². The zero-order chi connectivity index (χ0) is 30.2. The summed E-state index contributed by atoms with van der Waals surface area (Å²) in [6.07, 6.45) is 0. The van der Waals surface area contributed by atoms with Crippen LogP contribution in [0.25, 0.3) is 92.6 Å². The highest BCUT2D eigenvalue weighted by Gasteiger charge is 2.22. The Bertz CT molecular complexity index is 2690. The molecule has 3 heterocycles. The van der Waals surface area contributed by atoms with E-state index in [0.717, 1.165) is 22.2 Å². The van der Waals surface area contributed by atoms with E-state index in [0.29, 0.717) is 17.6 Å². The maximum Gasteiger partial charge on any atom is 0.238 e. The minimum absolute atomic E-state index is 0.608. The fourth-order valence-electron chi connectivity index (χ4n) is 6.95. The van der Waals surface area contributed by atoms with E-state index in [-0.39, 0.29) is 0 Å².